The Morgan fingerprint density at radius 1 is 1.35 bits per heavy atom. The molecule has 2 aromatic rings. The van der Waals surface area contributed by atoms with E-state index in [4.69, 9.17) is 9.63 Å². The number of rotatable bonds is 5. The second-order valence-electron chi connectivity index (χ2n) is 3.43. The standard InChI is InChI=1S/C11H11N3O3/c15-11(16)8-1-2-9(13-5-8)6-12-7-10-3-4-14-17-10/h1-5,12H,6-7H2,(H,15,16). The van der Waals surface area contributed by atoms with Gasteiger partial charge in [-0.1, -0.05) is 5.16 Å². The molecule has 0 unspecified atom stereocenters. The Morgan fingerprint density at radius 2 is 2.24 bits per heavy atom. The lowest BCUT2D eigenvalue weighted by Gasteiger charge is -2.02. The summed E-state index contributed by atoms with van der Waals surface area (Å²) in [5.74, 6) is -0.231. The van der Waals surface area contributed by atoms with Gasteiger partial charge in [-0.25, -0.2) is 4.79 Å². The van der Waals surface area contributed by atoms with Gasteiger partial charge in [0.25, 0.3) is 0 Å². The molecular weight excluding hydrogens is 222 g/mol. The second-order valence-corrected chi connectivity index (χ2v) is 3.43. The molecule has 0 aliphatic carbocycles. The van der Waals surface area contributed by atoms with Crippen LogP contribution in [-0.2, 0) is 13.1 Å². The number of hydrogen-bond acceptors (Lipinski definition) is 5. The topological polar surface area (TPSA) is 88.2 Å². The lowest BCUT2D eigenvalue weighted by atomic mass is 10.2. The van der Waals surface area contributed by atoms with E-state index in [2.05, 4.69) is 15.5 Å². The Morgan fingerprint density at radius 3 is 2.82 bits per heavy atom. The van der Waals surface area contributed by atoms with Crippen molar-refractivity contribution in [2.45, 2.75) is 13.1 Å². The van der Waals surface area contributed by atoms with Crippen molar-refractivity contribution in [2.24, 2.45) is 0 Å². The third kappa shape index (κ3) is 3.12. The summed E-state index contributed by atoms with van der Waals surface area (Å²) >= 11 is 0. The first-order valence-corrected chi connectivity index (χ1v) is 5.04. The second kappa shape index (κ2) is 5.22. The SMILES string of the molecule is O=C(O)c1ccc(CNCc2ccno2)nc1. The van der Waals surface area contributed by atoms with Gasteiger partial charge in [0.05, 0.1) is 24.0 Å². The maximum Gasteiger partial charge on any atom is 0.337 e. The van der Waals surface area contributed by atoms with Gasteiger partial charge in [0, 0.05) is 18.8 Å². The van der Waals surface area contributed by atoms with Crippen LogP contribution >= 0.6 is 0 Å². The van der Waals surface area contributed by atoms with Crippen LogP contribution in [0, 0.1) is 0 Å². The van der Waals surface area contributed by atoms with Gasteiger partial charge in [-0.05, 0) is 12.1 Å². The van der Waals surface area contributed by atoms with Gasteiger partial charge in [0.1, 0.15) is 5.76 Å². The van der Waals surface area contributed by atoms with E-state index < -0.39 is 5.97 Å². The van der Waals surface area contributed by atoms with E-state index in [-0.39, 0.29) is 5.56 Å². The summed E-state index contributed by atoms with van der Waals surface area (Å²) < 4.78 is 4.91. The van der Waals surface area contributed by atoms with Crippen LogP contribution in [0.3, 0.4) is 0 Å². The number of aromatic nitrogens is 2. The summed E-state index contributed by atoms with van der Waals surface area (Å²) in [5, 5.41) is 15.4. The molecule has 2 rings (SSSR count). The van der Waals surface area contributed by atoms with Gasteiger partial charge in [0.2, 0.25) is 0 Å². The molecule has 0 aliphatic rings. The van der Waals surface area contributed by atoms with E-state index in [1.807, 2.05) is 0 Å². The predicted octanol–water partition coefficient (Wildman–Crippen LogP) is 1.06. The summed E-state index contributed by atoms with van der Waals surface area (Å²) in [6.45, 7) is 1.10. The fourth-order valence-corrected chi connectivity index (χ4v) is 1.30. The zero-order valence-corrected chi connectivity index (χ0v) is 8.96. The van der Waals surface area contributed by atoms with Gasteiger partial charge in [0.15, 0.2) is 0 Å². The monoisotopic (exact) mass is 233 g/mol. The van der Waals surface area contributed by atoms with Gasteiger partial charge in [-0.15, -0.1) is 0 Å². The molecule has 0 aliphatic heterocycles. The number of nitrogens with one attached hydrogen (secondary N) is 1. The Bertz CT molecular complexity index is 479. The molecule has 17 heavy (non-hydrogen) atoms. The summed E-state index contributed by atoms with van der Waals surface area (Å²) in [4.78, 5) is 14.6. The van der Waals surface area contributed by atoms with Crippen LogP contribution in [0.4, 0.5) is 0 Å². The zero-order chi connectivity index (χ0) is 12.1. The van der Waals surface area contributed by atoms with Crippen molar-refractivity contribution in [3.8, 4) is 0 Å². The highest BCUT2D eigenvalue weighted by Gasteiger charge is 2.03. The Labute approximate surface area is 97.3 Å². The van der Waals surface area contributed by atoms with E-state index in [1.54, 1.807) is 18.3 Å². The van der Waals surface area contributed by atoms with Gasteiger partial charge < -0.3 is 14.9 Å². The number of carboxylic acid groups (broad SMARTS) is 1. The van der Waals surface area contributed by atoms with Crippen molar-refractivity contribution in [2.75, 3.05) is 0 Å². The highest BCUT2D eigenvalue weighted by molar-refractivity contribution is 5.87. The molecule has 6 nitrogen and oxygen atoms in total. The largest absolute Gasteiger partial charge is 0.478 e. The molecule has 0 atom stereocenters. The Balaban J connectivity index is 1.85. The van der Waals surface area contributed by atoms with Crippen LogP contribution in [-0.4, -0.2) is 21.2 Å². The molecule has 2 N–H and O–H groups in total. The lowest BCUT2D eigenvalue weighted by molar-refractivity contribution is 0.0696. The van der Waals surface area contributed by atoms with E-state index in [0.717, 1.165) is 11.5 Å². The molecule has 0 radical (unpaired) electrons. The summed E-state index contributed by atoms with van der Waals surface area (Å²) in [6, 6.07) is 4.98. The van der Waals surface area contributed by atoms with Crippen molar-refractivity contribution in [1.82, 2.24) is 15.5 Å². The molecular formula is C11H11N3O3. The van der Waals surface area contributed by atoms with Crippen molar-refractivity contribution in [3.63, 3.8) is 0 Å². The molecule has 2 aromatic heterocycles. The van der Waals surface area contributed by atoms with Gasteiger partial charge in [-0.2, -0.15) is 0 Å². The average molecular weight is 233 g/mol. The van der Waals surface area contributed by atoms with Crippen LogP contribution in [0.5, 0.6) is 0 Å². The van der Waals surface area contributed by atoms with Crippen molar-refractivity contribution in [3.05, 3.63) is 47.6 Å². The highest BCUT2D eigenvalue weighted by atomic mass is 16.5. The van der Waals surface area contributed by atoms with Crippen molar-refractivity contribution < 1.29 is 14.4 Å². The summed E-state index contributed by atoms with van der Waals surface area (Å²) in [5.41, 5.74) is 0.957. The molecule has 0 saturated heterocycles. The number of carboxylic acids is 1. The van der Waals surface area contributed by atoms with Crippen LogP contribution in [0.2, 0.25) is 0 Å². The third-order valence-electron chi connectivity index (χ3n) is 2.17. The first-order chi connectivity index (χ1) is 8.25. The molecule has 0 bridgehead atoms. The number of nitrogens with zero attached hydrogens (tertiary/aromatic N) is 2. The number of hydrogen-bond donors (Lipinski definition) is 2. The maximum atomic E-state index is 10.6. The summed E-state index contributed by atoms with van der Waals surface area (Å²) in [6.07, 6.45) is 2.92. The molecule has 0 amide bonds. The number of aromatic carboxylic acids is 1. The quantitative estimate of drug-likeness (QED) is 0.802. The third-order valence-corrected chi connectivity index (χ3v) is 2.17. The number of carbonyl (C=O) groups is 1. The summed E-state index contributed by atoms with van der Waals surface area (Å²) in [7, 11) is 0. The van der Waals surface area contributed by atoms with Crippen LogP contribution < -0.4 is 5.32 Å². The molecule has 0 saturated carbocycles. The minimum absolute atomic E-state index is 0.184. The van der Waals surface area contributed by atoms with Gasteiger partial charge in [-0.3, -0.25) is 4.98 Å². The van der Waals surface area contributed by atoms with E-state index >= 15 is 0 Å². The lowest BCUT2D eigenvalue weighted by Crippen LogP contribution is -2.13. The first kappa shape index (κ1) is 11.3. The van der Waals surface area contributed by atoms with Gasteiger partial charge >= 0.3 is 5.97 Å². The van der Waals surface area contributed by atoms with E-state index in [0.29, 0.717) is 13.1 Å². The van der Waals surface area contributed by atoms with Crippen LogP contribution in [0.1, 0.15) is 21.8 Å². The van der Waals surface area contributed by atoms with Crippen molar-refractivity contribution in [1.29, 1.82) is 0 Å². The highest BCUT2D eigenvalue weighted by Crippen LogP contribution is 2.01. The smallest absolute Gasteiger partial charge is 0.337 e. The minimum Gasteiger partial charge on any atom is -0.478 e. The normalized spacial score (nSPS) is 10.4. The number of pyridine rings is 1. The minimum atomic E-state index is -0.973. The Hall–Kier alpha value is -2.21. The molecule has 6 heteroatoms. The zero-order valence-electron chi connectivity index (χ0n) is 8.96. The molecule has 0 aromatic carbocycles. The fraction of sp³-hybridized carbons (Fsp3) is 0.182. The van der Waals surface area contributed by atoms with Crippen LogP contribution in [0.15, 0.2) is 35.1 Å². The molecule has 2 heterocycles. The Kier molecular flexibility index (Phi) is 3.46. The van der Waals surface area contributed by atoms with Crippen LogP contribution in [0.25, 0.3) is 0 Å². The van der Waals surface area contributed by atoms with E-state index in [1.165, 1.54) is 12.3 Å². The average Bonchev–Trinajstić information content (AvgIpc) is 2.83. The molecule has 0 fully saturated rings. The fourth-order valence-electron chi connectivity index (χ4n) is 1.30. The van der Waals surface area contributed by atoms with E-state index in [9.17, 15) is 4.79 Å². The van der Waals surface area contributed by atoms with Crippen molar-refractivity contribution >= 4 is 5.97 Å². The molecule has 88 valence electrons. The predicted molar refractivity (Wildman–Crippen MR) is 58.2 cm³/mol. The maximum absolute atomic E-state index is 10.6. The molecule has 0 spiro atoms. The first-order valence-electron chi connectivity index (χ1n) is 5.04.